The van der Waals surface area contributed by atoms with Gasteiger partial charge in [0.2, 0.25) is 0 Å². The summed E-state index contributed by atoms with van der Waals surface area (Å²) in [6, 6.07) is 17.8. The Morgan fingerprint density at radius 3 is 2.26 bits per heavy atom. The van der Waals surface area contributed by atoms with Gasteiger partial charge >= 0.3 is 19.5 Å². The molecule has 2 nitrogen and oxygen atoms in total. The van der Waals surface area contributed by atoms with Gasteiger partial charge in [-0.15, -0.1) is 11.6 Å². The standard InChI is InChI=1S/C11H11O2.C5H5.Ru/c12-6-8-5-9(7-13)11-4-2-1-3-10(8)11;1-2-4-5-3-1;/h1-4,8,12-13H,6-7H2;1-5H;/q2*-1;+2. The SMILES string of the molecule is OCC1=[C-]C(CO)c2ccccc21.[Ru+2].c1cc[cH-]c1. The molecule has 2 N–H and O–H groups in total. The minimum Gasteiger partial charge on any atom is -0.397 e. The zero-order chi connectivity index (χ0) is 12.8. The number of benzene rings is 1. The van der Waals surface area contributed by atoms with E-state index in [2.05, 4.69) is 6.08 Å². The molecule has 0 fully saturated rings. The number of rotatable bonds is 2. The first-order valence-electron chi connectivity index (χ1n) is 5.97. The average Bonchev–Trinajstić information content (AvgIpc) is 3.10. The molecular weight excluding hydrogens is 325 g/mol. The molecule has 0 aromatic heterocycles. The number of aliphatic hydroxyl groups is 2. The largest absolute Gasteiger partial charge is 2.00 e. The van der Waals surface area contributed by atoms with E-state index in [4.69, 9.17) is 10.2 Å². The molecule has 1 atom stereocenters. The summed E-state index contributed by atoms with van der Waals surface area (Å²) in [6.45, 7) is 0.0496. The third-order valence-corrected chi connectivity index (χ3v) is 2.91. The van der Waals surface area contributed by atoms with Gasteiger partial charge in [-0.05, 0) is 0 Å². The topological polar surface area (TPSA) is 40.5 Å². The van der Waals surface area contributed by atoms with Gasteiger partial charge in [-0.25, -0.2) is 12.1 Å². The Labute approximate surface area is 126 Å². The Morgan fingerprint density at radius 2 is 1.74 bits per heavy atom. The zero-order valence-electron chi connectivity index (χ0n) is 10.4. The minimum atomic E-state index is -0.0571. The van der Waals surface area contributed by atoms with Gasteiger partial charge in [-0.3, -0.25) is 6.08 Å². The summed E-state index contributed by atoms with van der Waals surface area (Å²) in [5.74, 6) is -0.0571. The van der Waals surface area contributed by atoms with E-state index >= 15 is 0 Å². The fourth-order valence-corrected chi connectivity index (χ4v) is 2.04. The van der Waals surface area contributed by atoms with Crippen molar-refractivity contribution < 1.29 is 29.7 Å². The van der Waals surface area contributed by atoms with E-state index in [9.17, 15) is 0 Å². The van der Waals surface area contributed by atoms with Crippen molar-refractivity contribution in [3.8, 4) is 0 Å². The Morgan fingerprint density at radius 1 is 1.05 bits per heavy atom. The molecule has 1 aliphatic carbocycles. The molecule has 0 aliphatic heterocycles. The van der Waals surface area contributed by atoms with Crippen molar-refractivity contribution in [2.24, 2.45) is 0 Å². The van der Waals surface area contributed by atoms with Crippen LogP contribution >= 0.6 is 0 Å². The first-order chi connectivity index (χ1) is 8.86. The fraction of sp³-hybridized carbons (Fsp3) is 0.188. The first kappa shape index (κ1) is 15.9. The molecule has 3 rings (SSSR count). The van der Waals surface area contributed by atoms with Crippen LogP contribution in [0.2, 0.25) is 0 Å². The Hall–Kier alpha value is -1.15. The summed E-state index contributed by atoms with van der Waals surface area (Å²) in [7, 11) is 0. The van der Waals surface area contributed by atoms with Crippen LogP contribution < -0.4 is 0 Å². The van der Waals surface area contributed by atoms with Gasteiger partial charge in [0.15, 0.2) is 0 Å². The molecule has 0 amide bonds. The summed E-state index contributed by atoms with van der Waals surface area (Å²) in [6.07, 6.45) is 3.07. The zero-order valence-corrected chi connectivity index (χ0v) is 12.2. The molecule has 0 heterocycles. The van der Waals surface area contributed by atoms with Crippen LogP contribution in [0.4, 0.5) is 0 Å². The molecule has 0 bridgehead atoms. The second-order valence-electron chi connectivity index (χ2n) is 4.07. The molecule has 1 aliphatic rings. The molecule has 2 aromatic carbocycles. The van der Waals surface area contributed by atoms with Crippen molar-refractivity contribution in [1.29, 1.82) is 0 Å². The van der Waals surface area contributed by atoms with Crippen molar-refractivity contribution in [2.45, 2.75) is 5.92 Å². The van der Waals surface area contributed by atoms with E-state index in [1.807, 2.05) is 54.6 Å². The average molecular weight is 341 g/mol. The van der Waals surface area contributed by atoms with Crippen LogP contribution in [0, 0.1) is 6.08 Å². The third-order valence-electron chi connectivity index (χ3n) is 2.91. The van der Waals surface area contributed by atoms with E-state index in [-0.39, 0.29) is 38.6 Å². The van der Waals surface area contributed by atoms with Crippen LogP contribution in [0.1, 0.15) is 17.0 Å². The predicted molar refractivity (Wildman–Crippen MR) is 72.0 cm³/mol. The van der Waals surface area contributed by atoms with E-state index in [1.54, 1.807) is 0 Å². The maximum atomic E-state index is 9.07. The Balaban J connectivity index is 0.000000256. The van der Waals surface area contributed by atoms with Crippen LogP contribution in [0.5, 0.6) is 0 Å². The van der Waals surface area contributed by atoms with E-state index in [0.29, 0.717) is 0 Å². The smallest absolute Gasteiger partial charge is 0.397 e. The molecular formula is C16H16O2Ru. The molecule has 0 saturated carbocycles. The maximum Gasteiger partial charge on any atom is 2.00 e. The quantitative estimate of drug-likeness (QED) is 0.650. The molecule has 100 valence electrons. The summed E-state index contributed by atoms with van der Waals surface area (Å²) in [5, 5.41) is 18.1. The van der Waals surface area contributed by atoms with Gasteiger partial charge < -0.3 is 10.2 Å². The maximum absolute atomic E-state index is 9.07. The molecule has 0 radical (unpaired) electrons. The summed E-state index contributed by atoms with van der Waals surface area (Å²) < 4.78 is 0. The van der Waals surface area contributed by atoms with Crippen LogP contribution in [0.15, 0.2) is 54.6 Å². The Bertz CT molecular complexity index is 486. The molecule has 1 unspecified atom stereocenters. The number of aliphatic hydroxyl groups excluding tert-OH is 2. The van der Waals surface area contributed by atoms with Gasteiger partial charge in [0.1, 0.15) is 0 Å². The molecule has 0 spiro atoms. The van der Waals surface area contributed by atoms with Crippen molar-refractivity contribution >= 4 is 5.57 Å². The van der Waals surface area contributed by atoms with E-state index < -0.39 is 0 Å². The fourth-order valence-electron chi connectivity index (χ4n) is 2.04. The molecule has 0 saturated heterocycles. The molecule has 19 heavy (non-hydrogen) atoms. The normalized spacial score (nSPS) is 15.7. The van der Waals surface area contributed by atoms with Crippen LogP contribution in [-0.4, -0.2) is 23.4 Å². The Kier molecular flexibility index (Phi) is 6.79. The second kappa shape index (κ2) is 8.11. The second-order valence-corrected chi connectivity index (χ2v) is 4.07. The summed E-state index contributed by atoms with van der Waals surface area (Å²) in [4.78, 5) is 0. The van der Waals surface area contributed by atoms with Gasteiger partial charge in [-0.2, -0.15) is 29.3 Å². The number of hydrogen-bond acceptors (Lipinski definition) is 2. The van der Waals surface area contributed by atoms with E-state index in [1.165, 1.54) is 0 Å². The molecule has 2 aromatic rings. The van der Waals surface area contributed by atoms with Gasteiger partial charge in [0.25, 0.3) is 0 Å². The van der Waals surface area contributed by atoms with Crippen LogP contribution in [0.3, 0.4) is 0 Å². The van der Waals surface area contributed by atoms with Crippen molar-refractivity contribution in [3.63, 3.8) is 0 Å². The van der Waals surface area contributed by atoms with E-state index in [0.717, 1.165) is 16.7 Å². The van der Waals surface area contributed by atoms with Gasteiger partial charge in [0.05, 0.1) is 0 Å². The number of hydrogen-bond donors (Lipinski definition) is 2. The third kappa shape index (κ3) is 3.91. The van der Waals surface area contributed by atoms with Crippen molar-refractivity contribution in [1.82, 2.24) is 0 Å². The van der Waals surface area contributed by atoms with Gasteiger partial charge in [-0.1, -0.05) is 24.1 Å². The monoisotopic (exact) mass is 342 g/mol. The minimum absolute atomic E-state index is 0. The summed E-state index contributed by atoms with van der Waals surface area (Å²) in [5.41, 5.74) is 2.88. The first-order valence-corrected chi connectivity index (χ1v) is 5.97. The van der Waals surface area contributed by atoms with Crippen LogP contribution in [0.25, 0.3) is 5.57 Å². The van der Waals surface area contributed by atoms with Crippen molar-refractivity contribution in [3.05, 3.63) is 71.8 Å². The van der Waals surface area contributed by atoms with Crippen molar-refractivity contribution in [2.75, 3.05) is 13.2 Å². The number of fused-ring (bicyclic) bond motifs is 1. The molecule has 3 heteroatoms. The predicted octanol–water partition coefficient (Wildman–Crippen LogP) is 2.36. The van der Waals surface area contributed by atoms with Gasteiger partial charge in [0, 0.05) is 13.2 Å². The summed E-state index contributed by atoms with van der Waals surface area (Å²) >= 11 is 0. The van der Waals surface area contributed by atoms with Crippen LogP contribution in [-0.2, 0) is 19.5 Å².